The maximum absolute atomic E-state index is 6.04. The Labute approximate surface area is 157 Å². The molecule has 0 bridgehead atoms. The monoisotopic (exact) mass is 359 g/mol. The second-order valence-electron chi connectivity index (χ2n) is 6.44. The Bertz CT molecular complexity index is 1040. The molecule has 7 nitrogen and oxygen atoms in total. The van der Waals surface area contributed by atoms with Crippen molar-refractivity contribution >= 4 is 22.9 Å². The van der Waals surface area contributed by atoms with E-state index in [-0.39, 0.29) is 5.95 Å². The number of rotatable bonds is 6. The van der Waals surface area contributed by atoms with E-state index in [2.05, 4.69) is 31.7 Å². The number of aryl methyl sites for hydroxylation is 2. The minimum absolute atomic E-state index is 0.168. The van der Waals surface area contributed by atoms with Crippen molar-refractivity contribution < 1.29 is 0 Å². The van der Waals surface area contributed by atoms with Gasteiger partial charge in [-0.2, -0.15) is 9.97 Å². The van der Waals surface area contributed by atoms with Gasteiger partial charge in [0.05, 0.1) is 0 Å². The van der Waals surface area contributed by atoms with Crippen LogP contribution in [0.2, 0.25) is 0 Å². The van der Waals surface area contributed by atoms with Crippen molar-refractivity contribution in [3.05, 3.63) is 71.8 Å². The van der Waals surface area contributed by atoms with Gasteiger partial charge in [-0.3, -0.25) is 4.98 Å². The van der Waals surface area contributed by atoms with Crippen LogP contribution in [0.4, 0.5) is 11.8 Å². The quantitative estimate of drug-likeness (QED) is 0.548. The second kappa shape index (κ2) is 7.41. The molecule has 1 aromatic carbocycles. The van der Waals surface area contributed by atoms with Gasteiger partial charge in [0.1, 0.15) is 5.82 Å². The van der Waals surface area contributed by atoms with Crippen LogP contribution in [0, 0.1) is 0 Å². The van der Waals surface area contributed by atoms with Crippen molar-refractivity contribution in [3.8, 4) is 0 Å². The smallest absolute Gasteiger partial charge is 0.224 e. The molecule has 0 unspecified atom stereocenters. The number of nitrogens with two attached hydrogens (primary N) is 2. The van der Waals surface area contributed by atoms with Gasteiger partial charge in [-0.1, -0.05) is 30.3 Å². The van der Waals surface area contributed by atoms with Crippen molar-refractivity contribution in [1.29, 1.82) is 0 Å². The molecule has 4 aromatic rings. The molecule has 27 heavy (non-hydrogen) atoms. The number of hydrogen-bond acceptors (Lipinski definition) is 6. The third-order valence-corrected chi connectivity index (χ3v) is 4.52. The van der Waals surface area contributed by atoms with Crippen LogP contribution in [-0.2, 0) is 19.4 Å². The fourth-order valence-corrected chi connectivity index (χ4v) is 3.22. The van der Waals surface area contributed by atoms with Gasteiger partial charge in [0.15, 0.2) is 17.0 Å². The summed E-state index contributed by atoms with van der Waals surface area (Å²) in [6, 6.07) is 14.3. The molecule has 0 atom stereocenters. The number of nitrogen functional groups attached to an aromatic ring is 2. The first-order chi connectivity index (χ1) is 13.2. The second-order valence-corrected chi connectivity index (χ2v) is 6.44. The summed E-state index contributed by atoms with van der Waals surface area (Å²) in [7, 11) is 0. The lowest BCUT2D eigenvalue weighted by atomic mass is 10.1. The van der Waals surface area contributed by atoms with Gasteiger partial charge in [0.2, 0.25) is 5.95 Å². The Morgan fingerprint density at radius 2 is 1.63 bits per heavy atom. The van der Waals surface area contributed by atoms with Crippen molar-refractivity contribution in [2.75, 3.05) is 11.5 Å². The summed E-state index contributed by atoms with van der Waals surface area (Å²) in [6.45, 7) is 0.775. The van der Waals surface area contributed by atoms with Crippen LogP contribution in [0.25, 0.3) is 11.2 Å². The fraction of sp³-hybridized carbons (Fsp3) is 0.200. The van der Waals surface area contributed by atoms with E-state index >= 15 is 0 Å². The summed E-state index contributed by atoms with van der Waals surface area (Å²) >= 11 is 0. The third-order valence-electron chi connectivity index (χ3n) is 4.52. The lowest BCUT2D eigenvalue weighted by Gasteiger charge is -2.09. The minimum Gasteiger partial charge on any atom is -0.382 e. The van der Waals surface area contributed by atoms with Gasteiger partial charge in [-0.15, -0.1) is 0 Å². The van der Waals surface area contributed by atoms with Crippen LogP contribution >= 0.6 is 0 Å². The molecule has 3 heterocycles. The molecular formula is C20H21N7. The first-order valence-corrected chi connectivity index (χ1v) is 8.91. The molecule has 0 radical (unpaired) electrons. The lowest BCUT2D eigenvalue weighted by Crippen LogP contribution is -2.08. The highest BCUT2D eigenvalue weighted by atomic mass is 15.2. The summed E-state index contributed by atoms with van der Waals surface area (Å²) in [5, 5.41) is 0. The Kier molecular flexibility index (Phi) is 4.65. The summed E-state index contributed by atoms with van der Waals surface area (Å²) in [4.78, 5) is 17.2. The Balaban J connectivity index is 1.66. The molecule has 0 saturated heterocycles. The zero-order valence-electron chi connectivity index (χ0n) is 14.9. The largest absolute Gasteiger partial charge is 0.382 e. The Morgan fingerprint density at radius 3 is 2.41 bits per heavy atom. The number of anilines is 2. The zero-order valence-corrected chi connectivity index (χ0v) is 14.9. The lowest BCUT2D eigenvalue weighted by molar-refractivity contribution is 0.628. The van der Waals surface area contributed by atoms with Crippen molar-refractivity contribution in [1.82, 2.24) is 24.5 Å². The number of aromatic nitrogens is 5. The number of pyridine rings is 1. The molecule has 0 aliphatic heterocycles. The van der Waals surface area contributed by atoms with Crippen LogP contribution in [0.5, 0.6) is 0 Å². The molecule has 0 aliphatic rings. The normalized spacial score (nSPS) is 11.1. The summed E-state index contributed by atoms with van der Waals surface area (Å²) in [6.07, 6.45) is 6.23. The molecule has 7 heteroatoms. The number of fused-ring (bicyclic) bond motifs is 1. The minimum atomic E-state index is 0.168. The standard InChI is InChI=1S/C20H21N7/c21-18-17-19(26-20(22)25-18)27(12-4-7-14-8-10-23-11-9-14)16(24-17)13-15-5-2-1-3-6-15/h1-3,5-6,8-11H,4,7,12-13H2,(H4,21,22,25,26). The van der Waals surface area contributed by atoms with E-state index in [1.165, 1.54) is 11.1 Å². The van der Waals surface area contributed by atoms with Gasteiger partial charge < -0.3 is 16.0 Å². The summed E-state index contributed by atoms with van der Waals surface area (Å²) in [5.74, 6) is 1.40. The van der Waals surface area contributed by atoms with Crippen molar-refractivity contribution in [3.63, 3.8) is 0 Å². The Morgan fingerprint density at radius 1 is 0.852 bits per heavy atom. The molecule has 0 saturated carbocycles. The summed E-state index contributed by atoms with van der Waals surface area (Å²) in [5.41, 5.74) is 15.6. The molecule has 0 spiro atoms. The van der Waals surface area contributed by atoms with E-state index in [1.807, 2.05) is 42.7 Å². The van der Waals surface area contributed by atoms with Crippen LogP contribution in [0.1, 0.15) is 23.4 Å². The average molecular weight is 359 g/mol. The third kappa shape index (κ3) is 3.72. The predicted octanol–water partition coefficient (Wildman–Crippen LogP) is 2.61. The Hall–Kier alpha value is -3.48. The number of nitrogens with zero attached hydrogens (tertiary/aromatic N) is 5. The van der Waals surface area contributed by atoms with E-state index in [4.69, 9.17) is 16.5 Å². The number of benzene rings is 1. The van der Waals surface area contributed by atoms with Crippen molar-refractivity contribution in [2.24, 2.45) is 0 Å². The van der Waals surface area contributed by atoms with Gasteiger partial charge in [-0.05, 0) is 36.1 Å². The highest BCUT2D eigenvalue weighted by molar-refractivity contribution is 5.83. The molecule has 0 aliphatic carbocycles. The van der Waals surface area contributed by atoms with E-state index in [0.717, 1.165) is 25.2 Å². The van der Waals surface area contributed by atoms with E-state index in [9.17, 15) is 0 Å². The van der Waals surface area contributed by atoms with Crippen molar-refractivity contribution in [2.45, 2.75) is 25.8 Å². The predicted molar refractivity (Wildman–Crippen MR) is 106 cm³/mol. The molecule has 4 N–H and O–H groups in total. The fourth-order valence-electron chi connectivity index (χ4n) is 3.22. The van der Waals surface area contributed by atoms with Gasteiger partial charge in [0, 0.05) is 25.4 Å². The molecule has 0 amide bonds. The number of imidazole rings is 1. The molecular weight excluding hydrogens is 338 g/mol. The van der Waals surface area contributed by atoms with E-state index < -0.39 is 0 Å². The van der Waals surface area contributed by atoms with E-state index in [1.54, 1.807) is 0 Å². The zero-order chi connectivity index (χ0) is 18.6. The summed E-state index contributed by atoms with van der Waals surface area (Å²) < 4.78 is 2.11. The molecule has 3 aromatic heterocycles. The van der Waals surface area contributed by atoms with Gasteiger partial charge >= 0.3 is 0 Å². The number of hydrogen-bond donors (Lipinski definition) is 2. The first-order valence-electron chi connectivity index (χ1n) is 8.91. The topological polar surface area (TPSA) is 109 Å². The van der Waals surface area contributed by atoms with Gasteiger partial charge in [-0.25, -0.2) is 4.98 Å². The first kappa shape index (κ1) is 17.0. The molecule has 136 valence electrons. The highest BCUT2D eigenvalue weighted by Gasteiger charge is 2.16. The average Bonchev–Trinajstić information content (AvgIpc) is 3.01. The van der Waals surface area contributed by atoms with Crippen LogP contribution in [0.15, 0.2) is 54.9 Å². The van der Waals surface area contributed by atoms with Crippen LogP contribution < -0.4 is 11.5 Å². The molecule has 4 rings (SSSR count). The van der Waals surface area contributed by atoms with Gasteiger partial charge in [0.25, 0.3) is 0 Å². The van der Waals surface area contributed by atoms with E-state index in [0.29, 0.717) is 23.4 Å². The van der Waals surface area contributed by atoms with Crippen LogP contribution in [-0.4, -0.2) is 24.5 Å². The maximum Gasteiger partial charge on any atom is 0.224 e. The van der Waals surface area contributed by atoms with Crippen LogP contribution in [0.3, 0.4) is 0 Å². The SMILES string of the molecule is Nc1nc(N)c2nc(Cc3ccccc3)n(CCCc3ccncc3)c2n1. The molecule has 0 fully saturated rings. The highest BCUT2D eigenvalue weighted by Crippen LogP contribution is 2.22. The maximum atomic E-state index is 6.04.